The van der Waals surface area contributed by atoms with Gasteiger partial charge in [-0.3, -0.25) is 14.2 Å². The summed E-state index contributed by atoms with van der Waals surface area (Å²) in [5.41, 5.74) is 2.86. The summed E-state index contributed by atoms with van der Waals surface area (Å²) < 4.78 is 1.77. The van der Waals surface area contributed by atoms with E-state index in [1.165, 1.54) is 22.2 Å². The van der Waals surface area contributed by atoms with Crippen molar-refractivity contribution in [3.63, 3.8) is 0 Å². The summed E-state index contributed by atoms with van der Waals surface area (Å²) in [6, 6.07) is 5.21. The van der Waals surface area contributed by atoms with E-state index in [-0.39, 0.29) is 22.9 Å². The quantitative estimate of drug-likeness (QED) is 0.189. The summed E-state index contributed by atoms with van der Waals surface area (Å²) in [6.45, 7) is 2.75. The normalized spacial score (nSPS) is 13.4. The molecular formula is C24H27N5O3S2. The summed E-state index contributed by atoms with van der Waals surface area (Å²) in [5, 5.41) is 4.26. The smallest absolute Gasteiger partial charge is 0.323 e. The van der Waals surface area contributed by atoms with Gasteiger partial charge in [0.15, 0.2) is 5.16 Å². The number of nitrogens with one attached hydrogen (secondary N) is 3. The molecule has 8 nitrogen and oxygen atoms in total. The maximum atomic E-state index is 13.5. The molecule has 10 heteroatoms. The van der Waals surface area contributed by atoms with E-state index in [9.17, 15) is 14.4 Å². The Morgan fingerprint density at radius 1 is 1.18 bits per heavy atom. The lowest BCUT2D eigenvalue weighted by Gasteiger charge is -2.13. The first-order valence-corrected chi connectivity index (χ1v) is 13.5. The molecule has 178 valence electrons. The molecule has 0 atom stereocenters. The molecule has 0 saturated heterocycles. The summed E-state index contributed by atoms with van der Waals surface area (Å²) in [5.74, 6) is -0.0550. The van der Waals surface area contributed by atoms with Crippen LogP contribution in [-0.4, -0.2) is 31.2 Å². The molecule has 0 saturated carbocycles. The number of amides is 1. The van der Waals surface area contributed by atoms with Gasteiger partial charge >= 0.3 is 5.69 Å². The molecule has 1 amide bonds. The molecule has 1 aliphatic rings. The molecule has 5 rings (SSSR count). The van der Waals surface area contributed by atoms with E-state index >= 15 is 0 Å². The van der Waals surface area contributed by atoms with Crippen LogP contribution in [0.2, 0.25) is 0 Å². The first-order valence-electron chi connectivity index (χ1n) is 11.7. The number of nitrogens with zero attached hydrogens (tertiary/aromatic N) is 2. The number of benzene rings is 1. The van der Waals surface area contributed by atoms with Crippen molar-refractivity contribution in [1.29, 1.82) is 0 Å². The number of hydrogen-bond donors (Lipinski definition) is 3. The number of unbranched alkanes of at least 4 members (excludes halogenated alkanes) is 2. The molecule has 0 bridgehead atoms. The third-order valence-electron chi connectivity index (χ3n) is 6.16. The van der Waals surface area contributed by atoms with Crippen molar-refractivity contribution >= 4 is 55.9 Å². The van der Waals surface area contributed by atoms with E-state index in [2.05, 4.69) is 22.2 Å². The molecule has 4 aromatic rings. The van der Waals surface area contributed by atoms with Crippen molar-refractivity contribution in [3.8, 4) is 0 Å². The number of carbonyl (C=O) groups excluding carboxylic acids is 1. The van der Waals surface area contributed by atoms with E-state index in [0.717, 1.165) is 55.2 Å². The monoisotopic (exact) mass is 497 g/mol. The van der Waals surface area contributed by atoms with Crippen LogP contribution >= 0.6 is 23.1 Å². The highest BCUT2D eigenvalue weighted by Crippen LogP contribution is 2.34. The van der Waals surface area contributed by atoms with Crippen LogP contribution in [0.3, 0.4) is 0 Å². The van der Waals surface area contributed by atoms with Crippen LogP contribution in [0.4, 0.5) is 5.69 Å². The van der Waals surface area contributed by atoms with E-state index < -0.39 is 0 Å². The Balaban J connectivity index is 1.38. The lowest BCUT2D eigenvalue weighted by Crippen LogP contribution is -2.25. The standard InChI is InChI=1S/C24H27N5O3S2/c1-2-3-6-11-29-22(31)20-15-7-4-5-8-18(15)34-21(20)28-24(29)33-13-19(30)25-14-9-10-16-17(12-14)27-23(32)26-16/h9-10,12H,2-8,11,13H2,1H3,(H,25,30)(H2,26,27,32). The Kier molecular flexibility index (Phi) is 6.60. The van der Waals surface area contributed by atoms with Crippen molar-refractivity contribution in [2.24, 2.45) is 0 Å². The average molecular weight is 498 g/mol. The Hall–Kier alpha value is -2.85. The fraction of sp³-hybridized carbons (Fsp3) is 0.417. The third kappa shape index (κ3) is 4.56. The molecule has 0 fully saturated rings. The van der Waals surface area contributed by atoms with Crippen molar-refractivity contribution in [3.05, 3.63) is 49.5 Å². The first kappa shape index (κ1) is 22.9. The van der Waals surface area contributed by atoms with Crippen LogP contribution in [0.5, 0.6) is 0 Å². The van der Waals surface area contributed by atoms with Crippen LogP contribution in [0.1, 0.15) is 49.5 Å². The Morgan fingerprint density at radius 3 is 2.85 bits per heavy atom. The number of thiophene rings is 1. The zero-order chi connectivity index (χ0) is 23.7. The van der Waals surface area contributed by atoms with E-state index in [0.29, 0.717) is 28.4 Å². The number of aromatic amines is 2. The zero-order valence-electron chi connectivity index (χ0n) is 19.0. The van der Waals surface area contributed by atoms with E-state index in [1.54, 1.807) is 34.1 Å². The Morgan fingerprint density at radius 2 is 2.00 bits per heavy atom. The molecule has 0 radical (unpaired) electrons. The number of thioether (sulfide) groups is 1. The second-order valence-electron chi connectivity index (χ2n) is 8.63. The van der Waals surface area contributed by atoms with Gasteiger partial charge in [-0.2, -0.15) is 0 Å². The number of hydrogen-bond acceptors (Lipinski definition) is 6. The molecule has 0 aliphatic heterocycles. The minimum absolute atomic E-state index is 0.0327. The van der Waals surface area contributed by atoms with E-state index in [1.807, 2.05) is 0 Å². The number of anilines is 1. The number of aromatic nitrogens is 4. The van der Waals surface area contributed by atoms with Gasteiger partial charge in [0.2, 0.25) is 5.91 Å². The van der Waals surface area contributed by atoms with Crippen LogP contribution in [0.25, 0.3) is 21.3 Å². The van der Waals surface area contributed by atoms with Gasteiger partial charge in [0.05, 0.1) is 22.2 Å². The molecule has 3 N–H and O–H groups in total. The van der Waals surface area contributed by atoms with Gasteiger partial charge in [-0.05, 0) is 55.9 Å². The topological polar surface area (TPSA) is 113 Å². The molecular weight excluding hydrogens is 470 g/mol. The average Bonchev–Trinajstić information content (AvgIpc) is 3.38. The van der Waals surface area contributed by atoms with Gasteiger partial charge in [0.1, 0.15) is 4.83 Å². The van der Waals surface area contributed by atoms with Crippen LogP contribution in [-0.2, 0) is 24.2 Å². The van der Waals surface area contributed by atoms with E-state index in [4.69, 9.17) is 4.98 Å². The van der Waals surface area contributed by atoms with Gasteiger partial charge in [0, 0.05) is 17.1 Å². The third-order valence-corrected chi connectivity index (χ3v) is 8.32. The molecule has 0 spiro atoms. The maximum absolute atomic E-state index is 13.5. The molecule has 1 aromatic carbocycles. The molecule has 34 heavy (non-hydrogen) atoms. The predicted molar refractivity (Wildman–Crippen MR) is 138 cm³/mol. The van der Waals surface area contributed by atoms with Crippen molar-refractivity contribution in [2.45, 2.75) is 63.6 Å². The highest BCUT2D eigenvalue weighted by Gasteiger charge is 2.22. The number of H-pyrrole nitrogens is 2. The van der Waals surface area contributed by atoms with Gasteiger partial charge in [-0.25, -0.2) is 9.78 Å². The van der Waals surface area contributed by atoms with Crippen molar-refractivity contribution < 1.29 is 4.79 Å². The highest BCUT2D eigenvalue weighted by molar-refractivity contribution is 7.99. The van der Waals surface area contributed by atoms with Crippen LogP contribution in [0.15, 0.2) is 32.9 Å². The summed E-state index contributed by atoms with van der Waals surface area (Å²) in [4.78, 5) is 50.0. The number of imidazole rings is 1. The maximum Gasteiger partial charge on any atom is 0.323 e. The van der Waals surface area contributed by atoms with Gasteiger partial charge in [0.25, 0.3) is 5.56 Å². The van der Waals surface area contributed by atoms with Crippen LogP contribution < -0.4 is 16.6 Å². The number of carbonyl (C=O) groups is 1. The minimum atomic E-state index is -0.285. The van der Waals surface area contributed by atoms with Gasteiger partial charge < -0.3 is 15.3 Å². The molecule has 3 aromatic heterocycles. The molecule has 0 unspecified atom stereocenters. The molecule has 1 aliphatic carbocycles. The molecule has 3 heterocycles. The number of fused-ring (bicyclic) bond motifs is 4. The van der Waals surface area contributed by atoms with Gasteiger partial charge in [-0.1, -0.05) is 31.5 Å². The number of rotatable bonds is 8. The predicted octanol–water partition coefficient (Wildman–Crippen LogP) is 4.43. The summed E-state index contributed by atoms with van der Waals surface area (Å²) >= 11 is 2.93. The largest absolute Gasteiger partial charge is 0.325 e. The second-order valence-corrected chi connectivity index (χ2v) is 10.7. The van der Waals surface area contributed by atoms with Crippen LogP contribution in [0, 0.1) is 0 Å². The number of aryl methyl sites for hydroxylation is 2. The lowest BCUT2D eigenvalue weighted by molar-refractivity contribution is -0.113. The summed E-state index contributed by atoms with van der Waals surface area (Å²) in [6.07, 6.45) is 7.27. The van der Waals surface area contributed by atoms with Gasteiger partial charge in [-0.15, -0.1) is 11.3 Å². The van der Waals surface area contributed by atoms with Crippen molar-refractivity contribution in [1.82, 2.24) is 19.5 Å². The summed E-state index contributed by atoms with van der Waals surface area (Å²) in [7, 11) is 0. The second kappa shape index (κ2) is 9.79. The zero-order valence-corrected chi connectivity index (χ0v) is 20.7. The minimum Gasteiger partial charge on any atom is -0.325 e. The fourth-order valence-corrected chi connectivity index (χ4v) is 6.61. The Bertz CT molecular complexity index is 1480. The van der Waals surface area contributed by atoms with Crippen molar-refractivity contribution in [2.75, 3.05) is 11.1 Å². The lowest BCUT2D eigenvalue weighted by atomic mass is 9.97. The fourth-order valence-electron chi connectivity index (χ4n) is 4.48. The Labute approximate surface area is 204 Å². The first-order chi connectivity index (χ1) is 16.5. The highest BCUT2D eigenvalue weighted by atomic mass is 32.2. The SMILES string of the molecule is CCCCCn1c(SCC(=O)Nc2ccc3[nH]c(=O)[nH]c3c2)nc2sc3c(c2c1=O)CCCC3.